The van der Waals surface area contributed by atoms with Gasteiger partial charge in [0.25, 0.3) is 11.7 Å². The molecule has 0 aliphatic carbocycles. The first-order valence-corrected chi connectivity index (χ1v) is 14.4. The Morgan fingerprint density at radius 3 is 2.18 bits per heavy atom. The molecule has 0 radical (unpaired) electrons. The maximum atomic E-state index is 14.4. The fraction of sp³-hybridized carbons (Fsp3) is 0.324. The number of aromatic nitrogens is 2. The lowest BCUT2D eigenvalue weighted by atomic mass is 9.98. The molecule has 230 valence electrons. The molecule has 1 heterocycles. The molecule has 0 bridgehead atoms. The van der Waals surface area contributed by atoms with Crippen molar-refractivity contribution in [1.82, 2.24) is 24.8 Å². The lowest BCUT2D eigenvalue weighted by Gasteiger charge is -2.33. The summed E-state index contributed by atoms with van der Waals surface area (Å²) in [7, 11) is 6.46. The van der Waals surface area contributed by atoms with Crippen LogP contribution in [0.3, 0.4) is 0 Å². The zero-order valence-corrected chi connectivity index (χ0v) is 26.1. The van der Waals surface area contributed by atoms with Crippen molar-refractivity contribution >= 4 is 28.5 Å². The SMILES string of the molecule is CN(C)C(=O)c1noc([C@@H](Cc2ccccc2)N(C)C(=O)C(Cc2ccc3ccccc3c2)N(C)C(=O)C=CC(C)(C)N)n1. The smallest absolute Gasteiger partial charge is 0.294 e. The lowest BCUT2D eigenvalue weighted by molar-refractivity contribution is -0.143. The first-order valence-electron chi connectivity index (χ1n) is 14.4. The van der Waals surface area contributed by atoms with E-state index in [2.05, 4.69) is 10.1 Å². The third kappa shape index (κ3) is 7.96. The Morgan fingerprint density at radius 2 is 1.52 bits per heavy atom. The van der Waals surface area contributed by atoms with E-state index in [9.17, 15) is 14.4 Å². The Kier molecular flexibility index (Phi) is 9.95. The molecular formula is C34H40N6O4. The summed E-state index contributed by atoms with van der Waals surface area (Å²) in [6.07, 6.45) is 3.64. The van der Waals surface area contributed by atoms with E-state index in [0.29, 0.717) is 6.42 Å². The second-order valence-electron chi connectivity index (χ2n) is 11.8. The molecule has 0 fully saturated rings. The van der Waals surface area contributed by atoms with Gasteiger partial charge in [-0.05, 0) is 35.7 Å². The third-order valence-electron chi connectivity index (χ3n) is 7.41. The Morgan fingerprint density at radius 1 is 0.864 bits per heavy atom. The van der Waals surface area contributed by atoms with Gasteiger partial charge in [-0.1, -0.05) is 84.0 Å². The average Bonchev–Trinajstić information content (AvgIpc) is 3.50. The van der Waals surface area contributed by atoms with Crippen LogP contribution in [0, 0.1) is 0 Å². The topological polar surface area (TPSA) is 126 Å². The fourth-order valence-electron chi connectivity index (χ4n) is 4.81. The van der Waals surface area contributed by atoms with Crippen molar-refractivity contribution in [3.63, 3.8) is 0 Å². The van der Waals surface area contributed by atoms with Gasteiger partial charge >= 0.3 is 0 Å². The maximum Gasteiger partial charge on any atom is 0.294 e. The third-order valence-corrected chi connectivity index (χ3v) is 7.41. The number of hydrogen-bond acceptors (Lipinski definition) is 7. The molecule has 3 amide bonds. The molecule has 0 spiro atoms. The summed E-state index contributed by atoms with van der Waals surface area (Å²) in [6.45, 7) is 3.58. The fourth-order valence-corrected chi connectivity index (χ4v) is 4.81. The molecule has 0 aliphatic rings. The van der Waals surface area contributed by atoms with Crippen LogP contribution in [0.15, 0.2) is 89.5 Å². The summed E-state index contributed by atoms with van der Waals surface area (Å²) in [4.78, 5) is 49.0. The number of nitrogens with two attached hydrogens (primary N) is 1. The number of likely N-dealkylation sites (N-methyl/N-ethyl adjacent to an activating group) is 2. The number of hydrogen-bond donors (Lipinski definition) is 1. The van der Waals surface area contributed by atoms with Gasteiger partial charge in [-0.15, -0.1) is 0 Å². The Bertz CT molecular complexity index is 1640. The second-order valence-corrected chi connectivity index (χ2v) is 11.8. The number of fused-ring (bicyclic) bond motifs is 1. The molecule has 0 saturated heterocycles. The van der Waals surface area contributed by atoms with Crippen molar-refractivity contribution < 1.29 is 18.9 Å². The van der Waals surface area contributed by atoms with Gasteiger partial charge in [0.05, 0.1) is 0 Å². The minimum atomic E-state index is -0.872. The Hall–Kier alpha value is -4.83. The highest BCUT2D eigenvalue weighted by molar-refractivity contribution is 5.93. The van der Waals surface area contributed by atoms with Gasteiger partial charge in [0.15, 0.2) is 0 Å². The zero-order chi connectivity index (χ0) is 32.0. The van der Waals surface area contributed by atoms with E-state index in [1.807, 2.05) is 72.8 Å². The molecule has 1 aromatic heterocycles. The van der Waals surface area contributed by atoms with Crippen LogP contribution in [-0.4, -0.2) is 82.3 Å². The van der Waals surface area contributed by atoms with Crippen LogP contribution in [0.4, 0.5) is 0 Å². The maximum absolute atomic E-state index is 14.4. The van der Waals surface area contributed by atoms with E-state index in [1.54, 1.807) is 48.1 Å². The number of carbonyl (C=O) groups is 3. The average molecular weight is 597 g/mol. The van der Waals surface area contributed by atoms with Crippen LogP contribution < -0.4 is 5.73 Å². The quantitative estimate of drug-likeness (QED) is 0.259. The minimum absolute atomic E-state index is 0.0987. The van der Waals surface area contributed by atoms with E-state index in [1.165, 1.54) is 20.8 Å². The summed E-state index contributed by atoms with van der Waals surface area (Å²) in [5.41, 5.74) is 7.21. The molecule has 2 N–H and O–H groups in total. The number of amides is 3. The molecule has 0 saturated carbocycles. The monoisotopic (exact) mass is 596 g/mol. The van der Waals surface area contributed by atoms with E-state index in [-0.39, 0.29) is 30.0 Å². The molecule has 1 unspecified atom stereocenters. The minimum Gasteiger partial charge on any atom is -0.342 e. The van der Waals surface area contributed by atoms with Gasteiger partial charge in [-0.3, -0.25) is 14.4 Å². The number of benzene rings is 3. The van der Waals surface area contributed by atoms with Gasteiger partial charge in [-0.25, -0.2) is 0 Å². The van der Waals surface area contributed by atoms with Gasteiger partial charge in [0.1, 0.15) is 12.1 Å². The zero-order valence-electron chi connectivity index (χ0n) is 26.1. The summed E-state index contributed by atoms with van der Waals surface area (Å²) >= 11 is 0. The second kappa shape index (κ2) is 13.6. The molecule has 2 atom stereocenters. The van der Waals surface area contributed by atoms with E-state index in [4.69, 9.17) is 10.3 Å². The Labute approximate surface area is 258 Å². The van der Waals surface area contributed by atoms with Crippen molar-refractivity contribution in [3.8, 4) is 0 Å². The normalized spacial score (nSPS) is 13.1. The molecule has 44 heavy (non-hydrogen) atoms. The van der Waals surface area contributed by atoms with Crippen molar-refractivity contribution in [2.45, 2.75) is 44.3 Å². The van der Waals surface area contributed by atoms with Crippen LogP contribution in [0.2, 0.25) is 0 Å². The van der Waals surface area contributed by atoms with E-state index in [0.717, 1.165) is 21.9 Å². The predicted molar refractivity (Wildman–Crippen MR) is 170 cm³/mol. The highest BCUT2D eigenvalue weighted by Gasteiger charge is 2.35. The molecule has 10 nitrogen and oxygen atoms in total. The molecular weight excluding hydrogens is 556 g/mol. The molecule has 0 aliphatic heterocycles. The van der Waals surface area contributed by atoms with Gasteiger partial charge in [0, 0.05) is 52.6 Å². The lowest BCUT2D eigenvalue weighted by Crippen LogP contribution is -2.50. The van der Waals surface area contributed by atoms with Crippen LogP contribution in [0.5, 0.6) is 0 Å². The van der Waals surface area contributed by atoms with Gasteiger partial charge in [0.2, 0.25) is 17.7 Å². The number of carbonyl (C=O) groups excluding carboxylic acids is 3. The summed E-state index contributed by atoms with van der Waals surface area (Å²) < 4.78 is 5.56. The van der Waals surface area contributed by atoms with Crippen LogP contribution in [0.25, 0.3) is 10.8 Å². The van der Waals surface area contributed by atoms with Crippen LogP contribution >= 0.6 is 0 Å². The van der Waals surface area contributed by atoms with Crippen LogP contribution in [0.1, 0.15) is 47.5 Å². The summed E-state index contributed by atoms with van der Waals surface area (Å²) in [5, 5.41) is 6.01. The molecule has 4 aromatic rings. The molecule has 3 aromatic carbocycles. The summed E-state index contributed by atoms with van der Waals surface area (Å²) in [5.74, 6) is -1.07. The Balaban J connectivity index is 1.72. The van der Waals surface area contributed by atoms with E-state index < -0.39 is 23.5 Å². The standard InChI is InChI=1S/C34H40N6O4/c1-34(2,35)19-18-29(41)39(5)28(22-24-16-17-25-14-10-11-15-26(25)20-24)32(42)40(6)27(21-23-12-8-7-9-13-23)31-36-30(37-44-31)33(43)38(3)4/h7-20,27-28H,21-22,35H2,1-6H3/t27-,28?/m1/s1. The first kappa shape index (κ1) is 32.1. The largest absolute Gasteiger partial charge is 0.342 e. The predicted octanol–water partition coefficient (Wildman–Crippen LogP) is 4.03. The number of rotatable bonds is 11. The summed E-state index contributed by atoms with van der Waals surface area (Å²) in [6, 6.07) is 22.0. The van der Waals surface area contributed by atoms with Crippen LogP contribution in [-0.2, 0) is 22.4 Å². The van der Waals surface area contributed by atoms with Crippen molar-refractivity contribution in [3.05, 3.63) is 108 Å². The highest BCUT2D eigenvalue weighted by atomic mass is 16.5. The first-order chi connectivity index (χ1) is 20.8. The van der Waals surface area contributed by atoms with Crippen molar-refractivity contribution in [2.75, 3.05) is 28.2 Å². The van der Waals surface area contributed by atoms with Crippen molar-refractivity contribution in [2.24, 2.45) is 5.73 Å². The van der Waals surface area contributed by atoms with E-state index >= 15 is 0 Å². The van der Waals surface area contributed by atoms with Crippen molar-refractivity contribution in [1.29, 1.82) is 0 Å². The van der Waals surface area contributed by atoms with Gasteiger partial charge < -0.3 is 25.0 Å². The highest BCUT2D eigenvalue weighted by Crippen LogP contribution is 2.26. The molecule has 4 rings (SSSR count). The molecule has 10 heteroatoms. The number of nitrogens with zero attached hydrogens (tertiary/aromatic N) is 5. The van der Waals surface area contributed by atoms with Gasteiger partial charge in [-0.2, -0.15) is 4.98 Å².